The van der Waals surface area contributed by atoms with E-state index in [9.17, 15) is 4.79 Å². The van der Waals surface area contributed by atoms with Gasteiger partial charge in [0.1, 0.15) is 0 Å². The number of fused-ring (bicyclic) bond motifs is 1. The third-order valence-corrected chi connectivity index (χ3v) is 5.38. The molecular weight excluding hydrogens is 256 g/mol. The van der Waals surface area contributed by atoms with Crippen LogP contribution in [0, 0.1) is 5.41 Å². The second-order valence-electron chi connectivity index (χ2n) is 6.16. The summed E-state index contributed by atoms with van der Waals surface area (Å²) in [5.41, 5.74) is 6.44. The zero-order valence-electron chi connectivity index (χ0n) is 12.1. The first-order valence-electron chi connectivity index (χ1n) is 7.05. The van der Waals surface area contributed by atoms with Crippen LogP contribution >= 0.6 is 11.3 Å². The molecule has 2 rings (SSSR count). The van der Waals surface area contributed by atoms with Gasteiger partial charge in [0.25, 0.3) is 0 Å². The standard InChI is InChI=1S/C15H24N2OS/c1-10(17-9-15(2,3)14(16)18)13-8-11-6-4-5-7-12(11)19-13/h8,10,17H,4-7,9H2,1-3H3,(H2,16,18). The molecule has 1 amide bonds. The fourth-order valence-corrected chi connectivity index (χ4v) is 3.61. The third-order valence-electron chi connectivity index (χ3n) is 3.96. The summed E-state index contributed by atoms with van der Waals surface area (Å²) in [5, 5.41) is 3.44. The number of carbonyl (C=O) groups excluding carboxylic acids is 1. The highest BCUT2D eigenvalue weighted by Crippen LogP contribution is 2.33. The summed E-state index contributed by atoms with van der Waals surface area (Å²) in [5.74, 6) is -0.252. The largest absolute Gasteiger partial charge is 0.369 e. The van der Waals surface area contributed by atoms with Crippen molar-refractivity contribution in [3.8, 4) is 0 Å². The molecular formula is C15H24N2OS. The average Bonchev–Trinajstić information content (AvgIpc) is 2.79. The Labute approximate surface area is 119 Å². The lowest BCUT2D eigenvalue weighted by Crippen LogP contribution is -2.41. The summed E-state index contributed by atoms with van der Waals surface area (Å²) in [6.07, 6.45) is 5.11. The molecule has 1 heterocycles. The Hall–Kier alpha value is -0.870. The van der Waals surface area contributed by atoms with E-state index in [-0.39, 0.29) is 11.9 Å². The molecule has 4 heteroatoms. The van der Waals surface area contributed by atoms with E-state index in [0.29, 0.717) is 6.54 Å². The van der Waals surface area contributed by atoms with Gasteiger partial charge < -0.3 is 11.1 Å². The number of nitrogens with two attached hydrogens (primary N) is 1. The first-order valence-corrected chi connectivity index (χ1v) is 7.86. The molecule has 1 aromatic heterocycles. The third kappa shape index (κ3) is 3.37. The molecule has 3 nitrogen and oxygen atoms in total. The van der Waals surface area contributed by atoms with E-state index < -0.39 is 5.41 Å². The summed E-state index contributed by atoms with van der Waals surface area (Å²) in [7, 11) is 0. The Morgan fingerprint density at radius 3 is 2.79 bits per heavy atom. The summed E-state index contributed by atoms with van der Waals surface area (Å²) in [4.78, 5) is 14.3. The number of amides is 1. The van der Waals surface area contributed by atoms with Gasteiger partial charge in [0.15, 0.2) is 0 Å². The van der Waals surface area contributed by atoms with E-state index in [0.717, 1.165) is 0 Å². The van der Waals surface area contributed by atoms with Crippen molar-refractivity contribution in [1.82, 2.24) is 5.32 Å². The van der Waals surface area contributed by atoms with E-state index >= 15 is 0 Å². The van der Waals surface area contributed by atoms with Gasteiger partial charge in [0.05, 0.1) is 5.41 Å². The Bertz CT molecular complexity index is 441. The molecule has 0 aliphatic heterocycles. The number of thiophene rings is 1. The maximum absolute atomic E-state index is 11.3. The fourth-order valence-electron chi connectivity index (χ4n) is 2.32. The van der Waals surface area contributed by atoms with Crippen molar-refractivity contribution in [2.75, 3.05) is 6.54 Å². The lowest BCUT2D eigenvalue weighted by atomic mass is 9.92. The molecule has 0 aromatic carbocycles. The second-order valence-corrected chi connectivity index (χ2v) is 7.32. The van der Waals surface area contributed by atoms with Gasteiger partial charge >= 0.3 is 0 Å². The molecule has 1 aromatic rings. The molecule has 19 heavy (non-hydrogen) atoms. The van der Waals surface area contributed by atoms with Crippen LogP contribution in [0.2, 0.25) is 0 Å². The maximum Gasteiger partial charge on any atom is 0.224 e. The Morgan fingerprint density at radius 1 is 1.47 bits per heavy atom. The summed E-state index contributed by atoms with van der Waals surface area (Å²) in [6.45, 7) is 6.55. The molecule has 0 radical (unpaired) electrons. The zero-order valence-corrected chi connectivity index (χ0v) is 12.9. The molecule has 106 valence electrons. The SMILES string of the molecule is CC(NCC(C)(C)C(N)=O)c1cc2c(s1)CCCC2. The molecule has 3 N–H and O–H groups in total. The quantitative estimate of drug-likeness (QED) is 0.871. The number of aryl methyl sites for hydroxylation is 2. The molecule has 0 saturated heterocycles. The second kappa shape index (κ2) is 5.63. The van der Waals surface area contributed by atoms with Crippen LogP contribution in [0.4, 0.5) is 0 Å². The molecule has 1 atom stereocenters. The lowest BCUT2D eigenvalue weighted by molar-refractivity contribution is -0.125. The van der Waals surface area contributed by atoms with Crippen molar-refractivity contribution in [2.24, 2.45) is 11.1 Å². The smallest absolute Gasteiger partial charge is 0.224 e. The minimum Gasteiger partial charge on any atom is -0.369 e. The van der Waals surface area contributed by atoms with E-state index in [4.69, 9.17) is 5.73 Å². The lowest BCUT2D eigenvalue weighted by Gasteiger charge is -2.23. The van der Waals surface area contributed by atoms with Gasteiger partial charge in [0, 0.05) is 22.3 Å². The number of hydrogen-bond donors (Lipinski definition) is 2. The van der Waals surface area contributed by atoms with Gasteiger partial charge in [-0.25, -0.2) is 0 Å². The number of primary amides is 1. The van der Waals surface area contributed by atoms with Crippen LogP contribution in [0.1, 0.15) is 55.0 Å². The van der Waals surface area contributed by atoms with Crippen molar-refractivity contribution >= 4 is 17.2 Å². The molecule has 0 spiro atoms. The number of rotatable bonds is 5. The van der Waals surface area contributed by atoms with E-state index in [1.165, 1.54) is 36.1 Å². The van der Waals surface area contributed by atoms with Crippen LogP contribution in [-0.2, 0) is 17.6 Å². The normalized spacial score (nSPS) is 17.0. The molecule has 1 aliphatic rings. The predicted molar refractivity (Wildman–Crippen MR) is 80.4 cm³/mol. The molecule has 0 saturated carbocycles. The monoisotopic (exact) mass is 280 g/mol. The van der Waals surface area contributed by atoms with Crippen LogP contribution < -0.4 is 11.1 Å². The maximum atomic E-state index is 11.3. The van der Waals surface area contributed by atoms with Crippen LogP contribution in [-0.4, -0.2) is 12.5 Å². The van der Waals surface area contributed by atoms with Crippen molar-refractivity contribution in [3.63, 3.8) is 0 Å². The van der Waals surface area contributed by atoms with Gasteiger partial charge in [-0.05, 0) is 58.1 Å². The number of hydrogen-bond acceptors (Lipinski definition) is 3. The Balaban J connectivity index is 1.98. The number of carbonyl (C=O) groups is 1. The Kier molecular flexibility index (Phi) is 4.31. The molecule has 1 unspecified atom stereocenters. The topological polar surface area (TPSA) is 55.1 Å². The highest BCUT2D eigenvalue weighted by Gasteiger charge is 2.26. The highest BCUT2D eigenvalue weighted by atomic mass is 32.1. The highest BCUT2D eigenvalue weighted by molar-refractivity contribution is 7.12. The minimum atomic E-state index is -0.495. The molecule has 0 bridgehead atoms. The van der Waals surface area contributed by atoms with Gasteiger partial charge in [-0.15, -0.1) is 11.3 Å². The first kappa shape index (κ1) is 14.5. The van der Waals surface area contributed by atoms with E-state index in [1.54, 1.807) is 4.88 Å². The molecule has 1 aliphatic carbocycles. The summed E-state index contributed by atoms with van der Waals surface area (Å²) in [6, 6.07) is 2.63. The van der Waals surface area contributed by atoms with Crippen molar-refractivity contribution in [3.05, 3.63) is 21.4 Å². The van der Waals surface area contributed by atoms with E-state index in [1.807, 2.05) is 25.2 Å². The van der Waals surface area contributed by atoms with Crippen LogP contribution in [0.3, 0.4) is 0 Å². The molecule has 0 fully saturated rings. The van der Waals surface area contributed by atoms with Crippen molar-refractivity contribution in [2.45, 2.75) is 52.5 Å². The van der Waals surface area contributed by atoms with E-state index in [2.05, 4.69) is 18.3 Å². The average molecular weight is 280 g/mol. The summed E-state index contributed by atoms with van der Waals surface area (Å²) < 4.78 is 0. The fraction of sp³-hybridized carbons (Fsp3) is 0.667. The van der Waals surface area contributed by atoms with Crippen molar-refractivity contribution < 1.29 is 4.79 Å². The van der Waals surface area contributed by atoms with Crippen molar-refractivity contribution in [1.29, 1.82) is 0 Å². The summed E-state index contributed by atoms with van der Waals surface area (Å²) >= 11 is 1.92. The van der Waals surface area contributed by atoms with Gasteiger partial charge in [-0.1, -0.05) is 0 Å². The minimum absolute atomic E-state index is 0.252. The van der Waals surface area contributed by atoms with Crippen LogP contribution in [0.15, 0.2) is 6.07 Å². The van der Waals surface area contributed by atoms with Gasteiger partial charge in [-0.2, -0.15) is 0 Å². The predicted octanol–water partition coefficient (Wildman–Crippen LogP) is 2.79. The van der Waals surface area contributed by atoms with Gasteiger partial charge in [-0.3, -0.25) is 4.79 Å². The van der Waals surface area contributed by atoms with Crippen LogP contribution in [0.25, 0.3) is 0 Å². The Morgan fingerprint density at radius 2 is 2.16 bits per heavy atom. The first-order chi connectivity index (χ1) is 8.90. The zero-order chi connectivity index (χ0) is 14.0. The number of nitrogens with one attached hydrogen (secondary N) is 1. The van der Waals surface area contributed by atoms with Gasteiger partial charge in [0.2, 0.25) is 5.91 Å². The van der Waals surface area contributed by atoms with Crippen LogP contribution in [0.5, 0.6) is 0 Å².